The summed E-state index contributed by atoms with van der Waals surface area (Å²) in [7, 11) is 0. The van der Waals surface area contributed by atoms with Crippen molar-refractivity contribution in [2.24, 2.45) is 11.5 Å². The average Bonchev–Trinajstić information content (AvgIpc) is 2.69. The fourth-order valence-corrected chi connectivity index (χ4v) is 2.56. The Bertz CT molecular complexity index is 846. The maximum absolute atomic E-state index is 11.8. The molecule has 0 saturated heterocycles. The van der Waals surface area contributed by atoms with Crippen molar-refractivity contribution in [1.82, 2.24) is 10.8 Å². The number of carbonyl (C=O) groups excluding carboxylic acids is 1. The number of carbonyl (C=O) groups is 1. The van der Waals surface area contributed by atoms with Crippen molar-refractivity contribution in [3.05, 3.63) is 70.8 Å². The van der Waals surface area contributed by atoms with Gasteiger partial charge in [-0.2, -0.15) is 0 Å². The van der Waals surface area contributed by atoms with Crippen LogP contribution in [0.25, 0.3) is 0 Å². The van der Waals surface area contributed by atoms with E-state index in [1.807, 2.05) is 24.3 Å². The van der Waals surface area contributed by atoms with Crippen LogP contribution in [0.4, 0.5) is 0 Å². The Balaban J connectivity index is 2.09. The highest BCUT2D eigenvalue weighted by Crippen LogP contribution is 2.15. The molecule has 0 aliphatic rings. The number of benzene rings is 2. The van der Waals surface area contributed by atoms with E-state index in [9.17, 15) is 9.90 Å². The smallest absolute Gasteiger partial charge is 0.262 e. The molecule has 7 nitrogen and oxygen atoms in total. The molecule has 0 aliphatic carbocycles. The summed E-state index contributed by atoms with van der Waals surface area (Å²) in [6, 6.07) is 13.7. The molecule has 0 radical (unpaired) electrons. The topological polar surface area (TPSA) is 134 Å². The van der Waals surface area contributed by atoms with Gasteiger partial charge in [-0.3, -0.25) is 15.3 Å². The predicted octanol–water partition coefficient (Wildman–Crippen LogP) is 0.737. The minimum absolute atomic E-state index is 0.494. The molecule has 0 heterocycles. The Morgan fingerprint density at radius 3 is 2.00 bits per heavy atom. The summed E-state index contributed by atoms with van der Waals surface area (Å²) in [5.74, 6) is 5.40. The van der Waals surface area contributed by atoms with Crippen LogP contribution >= 0.6 is 0 Å². The molecule has 0 fully saturated rings. The van der Waals surface area contributed by atoms with Crippen molar-refractivity contribution < 1.29 is 15.1 Å². The highest BCUT2D eigenvalue weighted by molar-refractivity contribution is 5.82. The molecule has 0 bridgehead atoms. The quantitative estimate of drug-likeness (QED) is 0.189. The van der Waals surface area contributed by atoms with Crippen LogP contribution in [0, 0.1) is 11.8 Å². The molecular formula is C21H26N4O3. The van der Waals surface area contributed by atoms with Crippen LogP contribution in [0.15, 0.2) is 48.5 Å². The SMILES string of the molecule is CC(C)(N)[C@H](NC(O)c1ccc(C#Cc2ccc(CN)cc2)cc1)C(=O)NO. The number of nitrogens with one attached hydrogen (secondary N) is 2. The van der Waals surface area contributed by atoms with Crippen LogP contribution in [0.3, 0.4) is 0 Å². The van der Waals surface area contributed by atoms with Gasteiger partial charge in [0.15, 0.2) is 0 Å². The molecule has 0 aliphatic heterocycles. The van der Waals surface area contributed by atoms with E-state index in [0.29, 0.717) is 12.1 Å². The molecule has 0 saturated carbocycles. The second kappa shape index (κ2) is 9.46. The van der Waals surface area contributed by atoms with Crippen molar-refractivity contribution in [2.45, 2.75) is 38.2 Å². The Morgan fingerprint density at radius 1 is 1.07 bits per heavy atom. The molecule has 2 aromatic rings. The summed E-state index contributed by atoms with van der Waals surface area (Å²) >= 11 is 0. The lowest BCUT2D eigenvalue weighted by Crippen LogP contribution is -2.60. The van der Waals surface area contributed by atoms with Crippen molar-refractivity contribution >= 4 is 5.91 Å². The molecule has 2 aromatic carbocycles. The molecule has 2 atom stereocenters. The van der Waals surface area contributed by atoms with Gasteiger partial charge in [-0.1, -0.05) is 36.1 Å². The second-order valence-corrected chi connectivity index (χ2v) is 7.07. The zero-order valence-electron chi connectivity index (χ0n) is 15.9. The van der Waals surface area contributed by atoms with Crippen molar-refractivity contribution in [2.75, 3.05) is 0 Å². The predicted molar refractivity (Wildman–Crippen MR) is 107 cm³/mol. The fraction of sp³-hybridized carbons (Fsp3) is 0.286. The zero-order valence-corrected chi connectivity index (χ0v) is 15.9. The van der Waals surface area contributed by atoms with E-state index in [1.165, 1.54) is 0 Å². The molecule has 1 unspecified atom stereocenters. The van der Waals surface area contributed by atoms with Crippen LogP contribution in [0.2, 0.25) is 0 Å². The number of amides is 1. The van der Waals surface area contributed by atoms with Gasteiger partial charge >= 0.3 is 0 Å². The van der Waals surface area contributed by atoms with E-state index in [2.05, 4.69) is 17.2 Å². The van der Waals surface area contributed by atoms with Gasteiger partial charge in [-0.15, -0.1) is 0 Å². The number of hydrogen-bond acceptors (Lipinski definition) is 6. The number of hydroxylamine groups is 1. The summed E-state index contributed by atoms with van der Waals surface area (Å²) in [6.45, 7) is 3.73. The first kappa shape index (κ1) is 21.6. The maximum Gasteiger partial charge on any atom is 0.262 e. The lowest BCUT2D eigenvalue weighted by atomic mass is 9.94. The van der Waals surface area contributed by atoms with E-state index in [1.54, 1.807) is 43.6 Å². The molecule has 28 heavy (non-hydrogen) atoms. The van der Waals surface area contributed by atoms with Crippen LogP contribution in [-0.4, -0.2) is 27.8 Å². The Hall–Kier alpha value is -2.73. The summed E-state index contributed by atoms with van der Waals surface area (Å²) in [5, 5.41) is 22.0. The molecule has 0 spiro atoms. The van der Waals surface area contributed by atoms with Gasteiger partial charge in [-0.25, -0.2) is 5.48 Å². The molecule has 1 amide bonds. The van der Waals surface area contributed by atoms with Gasteiger partial charge in [0.2, 0.25) is 0 Å². The third-order valence-electron chi connectivity index (χ3n) is 4.21. The zero-order chi connectivity index (χ0) is 20.7. The standard InChI is InChI=1S/C21H26N4O3/c1-21(2,23)18(20(27)25-28)24-19(26)17-11-9-15(10-12-17)4-3-14-5-7-16(13-22)8-6-14/h5-12,18-19,24,26,28H,13,22-23H2,1-2H3,(H,25,27)/t18-,19?/m1/s1. The minimum atomic E-state index is -1.14. The van der Waals surface area contributed by atoms with Gasteiger partial charge in [0, 0.05) is 23.2 Å². The van der Waals surface area contributed by atoms with Crippen molar-refractivity contribution in [3.63, 3.8) is 0 Å². The summed E-state index contributed by atoms with van der Waals surface area (Å²) in [5.41, 5.74) is 15.3. The second-order valence-electron chi connectivity index (χ2n) is 7.07. The van der Waals surface area contributed by atoms with E-state index in [0.717, 1.165) is 16.7 Å². The van der Waals surface area contributed by atoms with E-state index >= 15 is 0 Å². The number of rotatable bonds is 6. The Kier molecular flexibility index (Phi) is 7.29. The van der Waals surface area contributed by atoms with E-state index in [4.69, 9.17) is 16.7 Å². The first-order valence-electron chi connectivity index (χ1n) is 8.82. The van der Waals surface area contributed by atoms with Gasteiger partial charge in [0.1, 0.15) is 12.3 Å². The molecule has 0 aromatic heterocycles. The summed E-state index contributed by atoms with van der Waals surface area (Å²) in [6.07, 6.45) is -1.14. The first-order chi connectivity index (χ1) is 13.2. The number of aliphatic hydroxyl groups excluding tert-OH is 1. The number of aliphatic hydroxyl groups is 1. The summed E-state index contributed by atoms with van der Waals surface area (Å²) in [4.78, 5) is 11.8. The Labute approximate surface area is 164 Å². The maximum atomic E-state index is 11.8. The van der Waals surface area contributed by atoms with Crippen molar-refractivity contribution in [3.8, 4) is 11.8 Å². The van der Waals surface area contributed by atoms with E-state index < -0.39 is 23.7 Å². The lowest BCUT2D eigenvalue weighted by Gasteiger charge is -2.31. The molecule has 148 valence electrons. The number of hydrogen-bond donors (Lipinski definition) is 6. The lowest BCUT2D eigenvalue weighted by molar-refractivity contribution is -0.134. The molecule has 2 rings (SSSR count). The van der Waals surface area contributed by atoms with Crippen LogP contribution < -0.4 is 22.3 Å². The largest absolute Gasteiger partial charge is 0.374 e. The van der Waals surface area contributed by atoms with Gasteiger partial charge in [0.25, 0.3) is 5.91 Å². The molecule has 8 N–H and O–H groups in total. The molecular weight excluding hydrogens is 356 g/mol. The third kappa shape index (κ3) is 5.89. The third-order valence-corrected chi connectivity index (χ3v) is 4.21. The molecule has 7 heteroatoms. The van der Waals surface area contributed by atoms with Crippen LogP contribution in [-0.2, 0) is 11.3 Å². The normalized spacial score (nSPS) is 13.2. The first-order valence-corrected chi connectivity index (χ1v) is 8.82. The van der Waals surface area contributed by atoms with Crippen LogP contribution in [0.1, 0.15) is 42.3 Å². The average molecular weight is 382 g/mol. The van der Waals surface area contributed by atoms with Crippen LogP contribution in [0.5, 0.6) is 0 Å². The number of nitrogens with two attached hydrogens (primary N) is 2. The van der Waals surface area contributed by atoms with Gasteiger partial charge < -0.3 is 16.6 Å². The fourth-order valence-electron chi connectivity index (χ4n) is 2.56. The highest BCUT2D eigenvalue weighted by Gasteiger charge is 2.33. The van der Waals surface area contributed by atoms with Gasteiger partial charge in [0.05, 0.1) is 0 Å². The van der Waals surface area contributed by atoms with Gasteiger partial charge in [-0.05, 0) is 49.2 Å². The van der Waals surface area contributed by atoms with Crippen molar-refractivity contribution in [1.29, 1.82) is 0 Å². The highest BCUT2D eigenvalue weighted by atomic mass is 16.5. The summed E-state index contributed by atoms with van der Waals surface area (Å²) < 4.78 is 0. The monoisotopic (exact) mass is 382 g/mol. The van der Waals surface area contributed by atoms with E-state index in [-0.39, 0.29) is 0 Å². The minimum Gasteiger partial charge on any atom is -0.374 e. The Morgan fingerprint density at radius 2 is 1.57 bits per heavy atom.